The third-order valence-electron chi connectivity index (χ3n) is 8.63. The van der Waals surface area contributed by atoms with Crippen LogP contribution in [0.4, 0.5) is 0 Å². The molecule has 0 radical (unpaired) electrons. The fraction of sp³-hybridized carbons (Fsp3) is 0.441. The average Bonchev–Trinajstić information content (AvgIpc) is 3.62. The molecule has 1 amide bonds. The number of hydrogen-bond donors (Lipinski definition) is 1. The number of amides is 1. The Morgan fingerprint density at radius 2 is 1.68 bits per heavy atom. The zero-order valence-electron chi connectivity index (χ0n) is 23.8. The molecule has 4 aromatic rings. The number of piperidine rings is 1. The number of rotatable bonds is 10. The second kappa shape index (κ2) is 12.4. The molecule has 2 fully saturated rings. The summed E-state index contributed by atoms with van der Waals surface area (Å²) < 4.78 is 8.75. The van der Waals surface area contributed by atoms with Gasteiger partial charge in [0, 0.05) is 60.1 Å². The van der Waals surface area contributed by atoms with Crippen molar-refractivity contribution in [2.24, 2.45) is 0 Å². The Hall–Kier alpha value is -3.35. The highest BCUT2D eigenvalue weighted by atomic mass is 16.5. The Balaban J connectivity index is 0.998. The molecule has 0 spiro atoms. The Morgan fingerprint density at radius 1 is 0.875 bits per heavy atom. The quantitative estimate of drug-likeness (QED) is 0.249. The molecular formula is C34H42N4O2. The van der Waals surface area contributed by atoms with E-state index in [1.54, 1.807) is 0 Å². The van der Waals surface area contributed by atoms with Crippen LogP contribution in [0.1, 0.15) is 54.9 Å². The van der Waals surface area contributed by atoms with E-state index in [2.05, 4.69) is 69.1 Å². The maximum atomic E-state index is 12.7. The second-order valence-corrected chi connectivity index (χ2v) is 11.4. The van der Waals surface area contributed by atoms with E-state index in [1.807, 2.05) is 24.3 Å². The monoisotopic (exact) mass is 538 g/mol. The second-order valence-electron chi connectivity index (χ2n) is 11.4. The molecule has 6 heteroatoms. The van der Waals surface area contributed by atoms with Crippen molar-refractivity contribution < 1.29 is 9.53 Å². The van der Waals surface area contributed by atoms with Crippen LogP contribution in [0.5, 0.6) is 5.75 Å². The lowest BCUT2D eigenvalue weighted by atomic mass is 10.0. The molecule has 0 atom stereocenters. The van der Waals surface area contributed by atoms with Crippen molar-refractivity contribution in [3.63, 3.8) is 0 Å². The standard InChI is InChI=1S/C34H42N4O2/c1-2-38-32-12-4-3-11-30(32)31-23-26(13-14-33(31)38)25-37-21-15-28(16-22-37)40-29-10-7-9-27(24-29)34(39)35-17-8-20-36-18-5-6-19-36/h3-4,7,9-14,23-24,28H,2,5-6,8,15-22,25H2,1H3,(H,35,39). The van der Waals surface area contributed by atoms with E-state index >= 15 is 0 Å². The molecule has 2 saturated heterocycles. The smallest absolute Gasteiger partial charge is 0.251 e. The molecule has 6 nitrogen and oxygen atoms in total. The maximum Gasteiger partial charge on any atom is 0.251 e. The van der Waals surface area contributed by atoms with Crippen molar-refractivity contribution in [2.45, 2.75) is 58.2 Å². The lowest BCUT2D eigenvalue weighted by Gasteiger charge is -2.32. The molecule has 6 rings (SSSR count). The first kappa shape index (κ1) is 26.9. The molecule has 3 heterocycles. The van der Waals surface area contributed by atoms with Crippen LogP contribution in [-0.4, -0.2) is 65.6 Å². The van der Waals surface area contributed by atoms with E-state index < -0.39 is 0 Å². The number of para-hydroxylation sites is 1. The Morgan fingerprint density at radius 3 is 2.50 bits per heavy atom. The number of aryl methyl sites for hydroxylation is 1. The number of carbonyl (C=O) groups excluding carboxylic acids is 1. The molecule has 3 aromatic carbocycles. The number of carbonyl (C=O) groups is 1. The molecule has 1 N–H and O–H groups in total. The summed E-state index contributed by atoms with van der Waals surface area (Å²) in [6.07, 6.45) is 5.77. The molecule has 0 aliphatic carbocycles. The van der Waals surface area contributed by atoms with Gasteiger partial charge in [0.2, 0.25) is 0 Å². The van der Waals surface area contributed by atoms with E-state index in [1.165, 1.54) is 53.3 Å². The van der Waals surface area contributed by atoms with Crippen LogP contribution in [0.15, 0.2) is 66.7 Å². The molecule has 0 bridgehead atoms. The zero-order chi connectivity index (χ0) is 27.3. The molecule has 40 heavy (non-hydrogen) atoms. The number of nitrogens with zero attached hydrogens (tertiary/aromatic N) is 3. The molecule has 1 aromatic heterocycles. The van der Waals surface area contributed by atoms with Crippen molar-refractivity contribution in [3.8, 4) is 5.75 Å². The Labute approximate surface area is 237 Å². The van der Waals surface area contributed by atoms with Crippen LogP contribution in [0.2, 0.25) is 0 Å². The van der Waals surface area contributed by atoms with E-state index in [4.69, 9.17) is 4.74 Å². The minimum atomic E-state index is -0.0132. The number of hydrogen-bond acceptors (Lipinski definition) is 4. The summed E-state index contributed by atoms with van der Waals surface area (Å²) in [6, 6.07) is 23.4. The third kappa shape index (κ3) is 6.03. The summed E-state index contributed by atoms with van der Waals surface area (Å²) in [5.41, 5.74) is 4.67. The van der Waals surface area contributed by atoms with Gasteiger partial charge in [0.25, 0.3) is 5.91 Å². The fourth-order valence-electron chi connectivity index (χ4n) is 6.50. The first-order valence-electron chi connectivity index (χ1n) is 15.2. The van der Waals surface area contributed by atoms with Gasteiger partial charge in [-0.05, 0) is 101 Å². The van der Waals surface area contributed by atoms with Gasteiger partial charge >= 0.3 is 0 Å². The predicted molar refractivity (Wildman–Crippen MR) is 163 cm³/mol. The van der Waals surface area contributed by atoms with Crippen LogP contribution in [0.3, 0.4) is 0 Å². The van der Waals surface area contributed by atoms with Gasteiger partial charge in [0.05, 0.1) is 0 Å². The molecule has 0 unspecified atom stereocenters. The van der Waals surface area contributed by atoms with Crippen molar-refractivity contribution >= 4 is 27.7 Å². The number of fused-ring (bicyclic) bond motifs is 3. The van der Waals surface area contributed by atoms with E-state index in [0.29, 0.717) is 12.1 Å². The van der Waals surface area contributed by atoms with Gasteiger partial charge in [0.15, 0.2) is 0 Å². The molecule has 0 saturated carbocycles. The van der Waals surface area contributed by atoms with Gasteiger partial charge in [0.1, 0.15) is 11.9 Å². The maximum absolute atomic E-state index is 12.7. The highest BCUT2D eigenvalue weighted by molar-refractivity contribution is 6.08. The minimum Gasteiger partial charge on any atom is -0.490 e. The lowest BCUT2D eigenvalue weighted by molar-refractivity contribution is 0.0935. The minimum absolute atomic E-state index is 0.0132. The van der Waals surface area contributed by atoms with E-state index in [9.17, 15) is 4.79 Å². The Kier molecular flexibility index (Phi) is 8.35. The Bertz CT molecular complexity index is 1450. The zero-order valence-corrected chi connectivity index (χ0v) is 23.8. The normalized spacial score (nSPS) is 17.1. The van der Waals surface area contributed by atoms with Crippen LogP contribution >= 0.6 is 0 Å². The first-order chi connectivity index (χ1) is 19.7. The van der Waals surface area contributed by atoms with E-state index in [-0.39, 0.29) is 12.0 Å². The number of likely N-dealkylation sites (tertiary alicyclic amines) is 2. The number of benzene rings is 3. The predicted octanol–water partition coefficient (Wildman–Crippen LogP) is 6.07. The summed E-state index contributed by atoms with van der Waals surface area (Å²) in [7, 11) is 0. The van der Waals surface area contributed by atoms with Crippen molar-refractivity contribution in [1.29, 1.82) is 0 Å². The largest absolute Gasteiger partial charge is 0.490 e. The number of ether oxygens (including phenoxy) is 1. The summed E-state index contributed by atoms with van der Waals surface area (Å²) in [6.45, 7) is 10.4. The molecule has 2 aliphatic rings. The summed E-state index contributed by atoms with van der Waals surface area (Å²) in [4.78, 5) is 17.7. The number of aromatic nitrogens is 1. The van der Waals surface area contributed by atoms with Crippen LogP contribution < -0.4 is 10.1 Å². The highest BCUT2D eigenvalue weighted by Crippen LogP contribution is 2.30. The molecule has 2 aliphatic heterocycles. The summed E-state index contributed by atoms with van der Waals surface area (Å²) in [5.74, 6) is 0.779. The number of nitrogens with one attached hydrogen (secondary N) is 1. The van der Waals surface area contributed by atoms with Gasteiger partial charge in [-0.25, -0.2) is 0 Å². The van der Waals surface area contributed by atoms with Crippen LogP contribution in [0.25, 0.3) is 21.8 Å². The van der Waals surface area contributed by atoms with Crippen LogP contribution in [0, 0.1) is 0 Å². The SMILES string of the molecule is CCn1c2ccccc2c2cc(CN3CCC(Oc4cccc(C(=O)NCCCN5CCCC5)c4)CC3)ccc21. The van der Waals surface area contributed by atoms with Crippen molar-refractivity contribution in [1.82, 2.24) is 19.7 Å². The van der Waals surface area contributed by atoms with Gasteiger partial charge in [-0.3, -0.25) is 9.69 Å². The molecular weight excluding hydrogens is 496 g/mol. The molecule has 210 valence electrons. The summed E-state index contributed by atoms with van der Waals surface area (Å²) >= 11 is 0. The van der Waals surface area contributed by atoms with E-state index in [0.717, 1.165) is 57.7 Å². The van der Waals surface area contributed by atoms with Crippen molar-refractivity contribution in [2.75, 3.05) is 39.3 Å². The average molecular weight is 539 g/mol. The van der Waals surface area contributed by atoms with Crippen LogP contribution in [-0.2, 0) is 13.1 Å². The topological polar surface area (TPSA) is 49.7 Å². The highest BCUT2D eigenvalue weighted by Gasteiger charge is 2.21. The van der Waals surface area contributed by atoms with Gasteiger partial charge < -0.3 is 19.5 Å². The fourth-order valence-corrected chi connectivity index (χ4v) is 6.50. The van der Waals surface area contributed by atoms with Gasteiger partial charge in [-0.15, -0.1) is 0 Å². The summed E-state index contributed by atoms with van der Waals surface area (Å²) in [5, 5.41) is 5.77. The van der Waals surface area contributed by atoms with Gasteiger partial charge in [-0.2, -0.15) is 0 Å². The van der Waals surface area contributed by atoms with Crippen molar-refractivity contribution in [3.05, 3.63) is 77.9 Å². The lowest BCUT2D eigenvalue weighted by Crippen LogP contribution is -2.37. The first-order valence-corrected chi connectivity index (χ1v) is 15.2. The third-order valence-corrected chi connectivity index (χ3v) is 8.63. The van der Waals surface area contributed by atoms with Gasteiger partial charge in [-0.1, -0.05) is 30.3 Å².